The van der Waals surface area contributed by atoms with E-state index in [1.165, 1.54) is 0 Å². The quantitative estimate of drug-likeness (QED) is 0.891. The molecule has 0 aliphatic carbocycles. The van der Waals surface area contributed by atoms with Crippen molar-refractivity contribution >= 4 is 16.9 Å². The second-order valence-corrected chi connectivity index (χ2v) is 5.36. The fraction of sp³-hybridized carbons (Fsp3) is 0.412. The highest BCUT2D eigenvalue weighted by Crippen LogP contribution is 2.13. The van der Waals surface area contributed by atoms with Gasteiger partial charge < -0.3 is 15.2 Å². The Morgan fingerprint density at radius 3 is 2.64 bits per heavy atom. The van der Waals surface area contributed by atoms with Crippen LogP contribution in [0.3, 0.4) is 0 Å². The molecule has 1 aromatic carbocycles. The van der Waals surface area contributed by atoms with Crippen molar-refractivity contribution in [2.75, 3.05) is 19.6 Å². The van der Waals surface area contributed by atoms with Crippen LogP contribution in [0.15, 0.2) is 29.1 Å². The van der Waals surface area contributed by atoms with E-state index in [2.05, 4.69) is 16.4 Å². The number of aromatic amines is 1. The fourth-order valence-corrected chi connectivity index (χ4v) is 2.46. The Morgan fingerprint density at radius 2 is 1.95 bits per heavy atom. The lowest BCUT2D eigenvalue weighted by molar-refractivity contribution is 0.203. The van der Waals surface area contributed by atoms with Crippen LogP contribution in [-0.2, 0) is 6.42 Å². The van der Waals surface area contributed by atoms with E-state index in [4.69, 9.17) is 0 Å². The maximum Gasteiger partial charge on any atom is 0.317 e. The summed E-state index contributed by atoms with van der Waals surface area (Å²) in [5, 5.41) is 3.95. The van der Waals surface area contributed by atoms with E-state index >= 15 is 0 Å². The van der Waals surface area contributed by atoms with Gasteiger partial charge in [-0.15, -0.1) is 0 Å². The lowest BCUT2D eigenvalue weighted by Gasteiger charge is -2.19. The van der Waals surface area contributed by atoms with E-state index in [9.17, 15) is 9.59 Å². The number of pyridine rings is 1. The van der Waals surface area contributed by atoms with Gasteiger partial charge in [0.1, 0.15) is 0 Å². The van der Waals surface area contributed by atoms with Gasteiger partial charge in [-0.2, -0.15) is 0 Å². The Kier molecular flexibility index (Phi) is 5.20. The Labute approximate surface area is 130 Å². The largest absolute Gasteiger partial charge is 0.338 e. The number of aromatic nitrogens is 1. The van der Waals surface area contributed by atoms with Gasteiger partial charge in [-0.05, 0) is 56.3 Å². The Balaban J connectivity index is 2.02. The fourth-order valence-electron chi connectivity index (χ4n) is 2.46. The van der Waals surface area contributed by atoms with Crippen molar-refractivity contribution < 1.29 is 4.79 Å². The number of urea groups is 1. The molecule has 2 N–H and O–H groups in total. The molecule has 1 heterocycles. The summed E-state index contributed by atoms with van der Waals surface area (Å²) in [5.74, 6) is 0. The van der Waals surface area contributed by atoms with Crippen molar-refractivity contribution in [1.29, 1.82) is 0 Å². The van der Waals surface area contributed by atoms with Crippen LogP contribution in [0.1, 0.15) is 25.0 Å². The zero-order valence-electron chi connectivity index (χ0n) is 13.4. The van der Waals surface area contributed by atoms with Crippen molar-refractivity contribution in [3.63, 3.8) is 0 Å². The number of benzene rings is 1. The number of rotatable bonds is 5. The molecule has 0 bridgehead atoms. The average molecular weight is 301 g/mol. The number of hydrogen-bond acceptors (Lipinski definition) is 2. The normalized spacial score (nSPS) is 10.7. The molecule has 118 valence electrons. The molecule has 0 fully saturated rings. The predicted molar refractivity (Wildman–Crippen MR) is 89.3 cm³/mol. The van der Waals surface area contributed by atoms with Crippen LogP contribution in [0.25, 0.3) is 10.9 Å². The van der Waals surface area contributed by atoms with Crippen LogP contribution in [0, 0.1) is 6.92 Å². The molecule has 2 aromatic rings. The molecule has 22 heavy (non-hydrogen) atoms. The molecule has 0 saturated heterocycles. The Morgan fingerprint density at radius 1 is 1.23 bits per heavy atom. The van der Waals surface area contributed by atoms with E-state index < -0.39 is 0 Å². The van der Waals surface area contributed by atoms with Gasteiger partial charge in [0.15, 0.2) is 0 Å². The SMILES string of the molecule is CCN(CC)C(=O)NCCc1ccc2[nH]c(=O)c(C)cc2c1. The van der Waals surface area contributed by atoms with Crippen LogP contribution < -0.4 is 10.9 Å². The summed E-state index contributed by atoms with van der Waals surface area (Å²) >= 11 is 0. The molecule has 0 saturated carbocycles. The minimum Gasteiger partial charge on any atom is -0.338 e. The van der Waals surface area contributed by atoms with E-state index in [0.717, 1.165) is 22.9 Å². The van der Waals surface area contributed by atoms with Gasteiger partial charge in [-0.25, -0.2) is 4.79 Å². The average Bonchev–Trinajstić information content (AvgIpc) is 2.50. The van der Waals surface area contributed by atoms with Crippen LogP contribution >= 0.6 is 0 Å². The molecule has 0 radical (unpaired) electrons. The van der Waals surface area contributed by atoms with Crippen LogP contribution in [0.4, 0.5) is 4.79 Å². The standard InChI is InChI=1S/C17H23N3O2/c1-4-20(5-2)17(22)18-9-8-13-6-7-15-14(11-13)10-12(3)16(21)19-15/h6-7,10-11H,4-5,8-9H2,1-3H3,(H,18,22)(H,19,21). The van der Waals surface area contributed by atoms with E-state index in [1.54, 1.807) is 11.8 Å². The highest BCUT2D eigenvalue weighted by molar-refractivity contribution is 5.79. The van der Waals surface area contributed by atoms with Crippen molar-refractivity contribution in [2.45, 2.75) is 27.2 Å². The van der Waals surface area contributed by atoms with Gasteiger partial charge in [0.25, 0.3) is 5.56 Å². The van der Waals surface area contributed by atoms with Crippen LogP contribution in [0.2, 0.25) is 0 Å². The molecule has 5 heteroatoms. The number of fused-ring (bicyclic) bond motifs is 1. The van der Waals surface area contributed by atoms with Gasteiger partial charge in [0, 0.05) is 30.7 Å². The zero-order chi connectivity index (χ0) is 16.1. The minimum absolute atomic E-state index is 0.0223. The van der Waals surface area contributed by atoms with Gasteiger partial charge >= 0.3 is 6.03 Å². The van der Waals surface area contributed by atoms with Gasteiger partial charge in [-0.3, -0.25) is 4.79 Å². The Bertz CT molecular complexity index is 717. The second-order valence-electron chi connectivity index (χ2n) is 5.36. The first-order chi connectivity index (χ1) is 10.5. The first kappa shape index (κ1) is 16.1. The van der Waals surface area contributed by atoms with E-state index in [0.29, 0.717) is 25.2 Å². The summed E-state index contributed by atoms with van der Waals surface area (Å²) in [5.41, 5.74) is 2.64. The number of nitrogens with one attached hydrogen (secondary N) is 2. The maximum atomic E-state index is 11.9. The van der Waals surface area contributed by atoms with Gasteiger partial charge in [-0.1, -0.05) is 6.07 Å². The van der Waals surface area contributed by atoms with Crippen molar-refractivity contribution in [3.8, 4) is 0 Å². The van der Waals surface area contributed by atoms with E-state index in [-0.39, 0.29) is 11.6 Å². The zero-order valence-corrected chi connectivity index (χ0v) is 13.4. The molecule has 0 atom stereocenters. The summed E-state index contributed by atoms with van der Waals surface area (Å²) in [6, 6.07) is 7.83. The molecule has 2 amide bonds. The third-order valence-corrected chi connectivity index (χ3v) is 3.83. The lowest BCUT2D eigenvalue weighted by Crippen LogP contribution is -2.40. The topological polar surface area (TPSA) is 65.2 Å². The number of carbonyl (C=O) groups is 1. The van der Waals surface area contributed by atoms with Crippen molar-refractivity contribution in [3.05, 3.63) is 45.7 Å². The maximum absolute atomic E-state index is 11.9. The van der Waals surface area contributed by atoms with Crippen molar-refractivity contribution in [1.82, 2.24) is 15.2 Å². The summed E-state index contributed by atoms with van der Waals surface area (Å²) in [7, 11) is 0. The summed E-state index contributed by atoms with van der Waals surface area (Å²) < 4.78 is 0. The second kappa shape index (κ2) is 7.11. The number of amides is 2. The summed E-state index contributed by atoms with van der Waals surface area (Å²) in [6.45, 7) is 7.76. The third kappa shape index (κ3) is 3.67. The smallest absolute Gasteiger partial charge is 0.317 e. The van der Waals surface area contributed by atoms with Crippen LogP contribution in [0.5, 0.6) is 0 Å². The molecule has 0 aliphatic rings. The number of H-pyrrole nitrogens is 1. The molecule has 1 aromatic heterocycles. The molecular weight excluding hydrogens is 278 g/mol. The molecule has 5 nitrogen and oxygen atoms in total. The van der Waals surface area contributed by atoms with Crippen LogP contribution in [-0.4, -0.2) is 35.5 Å². The number of aryl methyl sites for hydroxylation is 1. The predicted octanol–water partition coefficient (Wildman–Crippen LogP) is 2.43. The lowest BCUT2D eigenvalue weighted by atomic mass is 10.1. The summed E-state index contributed by atoms with van der Waals surface area (Å²) in [4.78, 5) is 28.1. The minimum atomic E-state index is -0.0493. The van der Waals surface area contributed by atoms with Crippen molar-refractivity contribution in [2.24, 2.45) is 0 Å². The molecule has 0 unspecified atom stereocenters. The highest BCUT2D eigenvalue weighted by atomic mass is 16.2. The van der Waals surface area contributed by atoms with Gasteiger partial charge in [0.05, 0.1) is 0 Å². The monoisotopic (exact) mass is 301 g/mol. The number of hydrogen-bond donors (Lipinski definition) is 2. The highest BCUT2D eigenvalue weighted by Gasteiger charge is 2.08. The van der Waals surface area contributed by atoms with E-state index in [1.807, 2.05) is 32.0 Å². The molecular formula is C17H23N3O2. The van der Waals surface area contributed by atoms with Gasteiger partial charge in [0.2, 0.25) is 0 Å². The molecule has 2 rings (SSSR count). The Hall–Kier alpha value is -2.30. The molecule has 0 spiro atoms. The first-order valence-corrected chi connectivity index (χ1v) is 7.70. The number of carbonyl (C=O) groups excluding carboxylic acids is 1. The summed E-state index contributed by atoms with van der Waals surface area (Å²) in [6.07, 6.45) is 0.765. The number of nitrogens with zero attached hydrogens (tertiary/aromatic N) is 1. The third-order valence-electron chi connectivity index (χ3n) is 3.83. The first-order valence-electron chi connectivity index (χ1n) is 7.70. The molecule has 0 aliphatic heterocycles.